The van der Waals surface area contributed by atoms with Crippen LogP contribution in [0.2, 0.25) is 0 Å². The Morgan fingerprint density at radius 1 is 1.45 bits per heavy atom. The summed E-state index contributed by atoms with van der Waals surface area (Å²) in [7, 11) is -3.57. The summed E-state index contributed by atoms with van der Waals surface area (Å²) in [5.74, 6) is 0.281. The first-order valence-corrected chi connectivity index (χ1v) is 9.91. The average molecular weight is 343 g/mol. The smallest absolute Gasteiger partial charge is 0.253 e. The maximum Gasteiger partial charge on any atom is 0.253 e. The number of hydrogen-bond donors (Lipinski definition) is 2. The fourth-order valence-electron chi connectivity index (χ4n) is 2.84. The van der Waals surface area contributed by atoms with E-state index in [1.54, 1.807) is 17.5 Å². The molecule has 1 aliphatic heterocycles. The van der Waals surface area contributed by atoms with Crippen LogP contribution in [-0.2, 0) is 14.8 Å². The van der Waals surface area contributed by atoms with E-state index < -0.39 is 16.1 Å². The Bertz CT molecular complexity index is 626. The van der Waals surface area contributed by atoms with Crippen molar-refractivity contribution in [3.63, 3.8) is 0 Å². The van der Waals surface area contributed by atoms with Crippen LogP contribution in [0.1, 0.15) is 25.7 Å². The Morgan fingerprint density at radius 2 is 2.23 bits per heavy atom. The molecule has 1 aromatic heterocycles. The SMILES string of the molecule is NC(CNC(=O)C1CCCN1S(=O)(=O)c1cccs1)C1CC1. The summed E-state index contributed by atoms with van der Waals surface area (Å²) < 4.78 is 26.8. The lowest BCUT2D eigenvalue weighted by Gasteiger charge is -2.23. The zero-order valence-electron chi connectivity index (χ0n) is 12.3. The van der Waals surface area contributed by atoms with Gasteiger partial charge in [-0.3, -0.25) is 4.79 Å². The second-order valence-corrected chi connectivity index (χ2v) is 9.02. The van der Waals surface area contributed by atoms with Crippen LogP contribution in [0.15, 0.2) is 21.7 Å². The van der Waals surface area contributed by atoms with Gasteiger partial charge in [0.2, 0.25) is 5.91 Å². The van der Waals surface area contributed by atoms with Gasteiger partial charge in [-0.25, -0.2) is 8.42 Å². The number of nitrogens with two attached hydrogens (primary N) is 1. The van der Waals surface area contributed by atoms with Crippen molar-refractivity contribution in [3.05, 3.63) is 17.5 Å². The van der Waals surface area contributed by atoms with Crippen molar-refractivity contribution in [2.45, 2.75) is 42.0 Å². The van der Waals surface area contributed by atoms with E-state index in [0.29, 0.717) is 36.1 Å². The molecule has 8 heteroatoms. The first-order valence-electron chi connectivity index (χ1n) is 7.59. The predicted molar refractivity (Wildman–Crippen MR) is 84.9 cm³/mol. The molecule has 1 amide bonds. The number of hydrogen-bond acceptors (Lipinski definition) is 5. The van der Waals surface area contributed by atoms with E-state index in [-0.39, 0.29) is 11.9 Å². The third kappa shape index (κ3) is 3.19. The summed E-state index contributed by atoms with van der Waals surface area (Å²) in [6.07, 6.45) is 3.52. The summed E-state index contributed by atoms with van der Waals surface area (Å²) in [4.78, 5) is 12.4. The summed E-state index contributed by atoms with van der Waals surface area (Å²) in [6.45, 7) is 0.819. The van der Waals surface area contributed by atoms with Crippen molar-refractivity contribution in [1.82, 2.24) is 9.62 Å². The van der Waals surface area contributed by atoms with E-state index in [4.69, 9.17) is 5.73 Å². The molecule has 122 valence electrons. The quantitative estimate of drug-likeness (QED) is 0.797. The number of carbonyl (C=O) groups is 1. The first kappa shape index (κ1) is 15.9. The second-order valence-electron chi connectivity index (χ2n) is 5.95. The highest BCUT2D eigenvalue weighted by Crippen LogP contribution is 2.31. The molecule has 1 aliphatic carbocycles. The highest BCUT2D eigenvalue weighted by Gasteiger charge is 2.40. The first-order chi connectivity index (χ1) is 10.5. The van der Waals surface area contributed by atoms with E-state index in [1.165, 1.54) is 15.6 Å². The molecule has 3 N–H and O–H groups in total. The van der Waals surface area contributed by atoms with Crippen molar-refractivity contribution in [3.8, 4) is 0 Å². The van der Waals surface area contributed by atoms with E-state index in [9.17, 15) is 13.2 Å². The molecular weight excluding hydrogens is 322 g/mol. The molecule has 2 atom stereocenters. The molecule has 1 saturated heterocycles. The molecule has 3 rings (SSSR count). The van der Waals surface area contributed by atoms with Crippen molar-refractivity contribution < 1.29 is 13.2 Å². The normalized spacial score (nSPS) is 24.3. The summed E-state index contributed by atoms with van der Waals surface area (Å²) in [6, 6.07) is 2.65. The zero-order chi connectivity index (χ0) is 15.7. The fraction of sp³-hybridized carbons (Fsp3) is 0.643. The lowest BCUT2D eigenvalue weighted by atomic mass is 10.2. The van der Waals surface area contributed by atoms with E-state index in [1.807, 2.05) is 0 Å². The number of nitrogens with zero attached hydrogens (tertiary/aromatic N) is 1. The van der Waals surface area contributed by atoms with Gasteiger partial charge < -0.3 is 11.1 Å². The van der Waals surface area contributed by atoms with E-state index in [0.717, 1.165) is 12.8 Å². The summed E-state index contributed by atoms with van der Waals surface area (Å²) in [5, 5.41) is 4.56. The van der Waals surface area contributed by atoms with Gasteiger partial charge in [0.1, 0.15) is 10.3 Å². The van der Waals surface area contributed by atoms with Gasteiger partial charge in [-0.15, -0.1) is 11.3 Å². The molecule has 0 bridgehead atoms. The lowest BCUT2D eigenvalue weighted by Crippen LogP contribution is -2.48. The van der Waals surface area contributed by atoms with E-state index in [2.05, 4.69) is 5.32 Å². The van der Waals surface area contributed by atoms with Gasteiger partial charge in [-0.05, 0) is 43.0 Å². The molecule has 0 spiro atoms. The summed E-state index contributed by atoms with van der Waals surface area (Å²) >= 11 is 1.18. The maximum absolute atomic E-state index is 12.6. The molecule has 2 fully saturated rings. The van der Waals surface area contributed by atoms with Crippen LogP contribution in [-0.4, -0.2) is 43.8 Å². The standard InChI is InChI=1S/C14H21N3O3S2/c15-11(10-5-6-10)9-16-14(18)12-3-1-7-17(12)22(19,20)13-4-2-8-21-13/h2,4,8,10-12H,1,3,5-7,9,15H2,(H,16,18). The molecule has 22 heavy (non-hydrogen) atoms. The fourth-order valence-corrected chi connectivity index (χ4v) is 5.62. The van der Waals surface area contributed by atoms with Gasteiger partial charge in [-0.1, -0.05) is 6.07 Å². The number of thiophene rings is 1. The van der Waals surface area contributed by atoms with Gasteiger partial charge in [0.15, 0.2) is 0 Å². The molecular formula is C14H21N3O3S2. The van der Waals surface area contributed by atoms with Crippen molar-refractivity contribution in [2.24, 2.45) is 11.7 Å². The van der Waals surface area contributed by atoms with Crippen LogP contribution in [0.25, 0.3) is 0 Å². The van der Waals surface area contributed by atoms with Crippen LogP contribution in [0.4, 0.5) is 0 Å². The molecule has 6 nitrogen and oxygen atoms in total. The Labute approximate surface area is 134 Å². The molecule has 2 heterocycles. The number of nitrogens with one attached hydrogen (secondary N) is 1. The minimum absolute atomic E-state index is 0.0206. The molecule has 2 aliphatic rings. The third-order valence-electron chi connectivity index (χ3n) is 4.30. The summed E-state index contributed by atoms with van der Waals surface area (Å²) in [5.41, 5.74) is 5.98. The molecule has 0 radical (unpaired) electrons. The van der Waals surface area contributed by atoms with Crippen LogP contribution in [0.3, 0.4) is 0 Å². The highest BCUT2D eigenvalue weighted by molar-refractivity contribution is 7.91. The van der Waals surface area contributed by atoms with Gasteiger partial charge in [0.25, 0.3) is 10.0 Å². The zero-order valence-corrected chi connectivity index (χ0v) is 13.9. The van der Waals surface area contributed by atoms with Crippen molar-refractivity contribution in [1.29, 1.82) is 0 Å². The van der Waals surface area contributed by atoms with Crippen LogP contribution >= 0.6 is 11.3 Å². The number of amides is 1. The van der Waals surface area contributed by atoms with Crippen molar-refractivity contribution in [2.75, 3.05) is 13.1 Å². The van der Waals surface area contributed by atoms with Gasteiger partial charge >= 0.3 is 0 Å². The molecule has 1 aromatic rings. The monoisotopic (exact) mass is 343 g/mol. The molecule has 2 unspecified atom stereocenters. The lowest BCUT2D eigenvalue weighted by molar-refractivity contribution is -0.124. The maximum atomic E-state index is 12.6. The van der Waals surface area contributed by atoms with Crippen LogP contribution in [0.5, 0.6) is 0 Å². The van der Waals surface area contributed by atoms with Crippen LogP contribution < -0.4 is 11.1 Å². The van der Waals surface area contributed by atoms with Gasteiger partial charge in [0.05, 0.1) is 0 Å². The largest absolute Gasteiger partial charge is 0.353 e. The number of sulfonamides is 1. The third-order valence-corrected chi connectivity index (χ3v) is 7.59. The van der Waals surface area contributed by atoms with Crippen molar-refractivity contribution >= 4 is 27.3 Å². The van der Waals surface area contributed by atoms with Gasteiger partial charge in [-0.2, -0.15) is 4.31 Å². The Balaban J connectivity index is 1.66. The second kappa shape index (κ2) is 6.27. The Kier molecular flexibility index (Phi) is 4.54. The van der Waals surface area contributed by atoms with E-state index >= 15 is 0 Å². The van der Waals surface area contributed by atoms with Crippen LogP contribution in [0, 0.1) is 5.92 Å². The number of carbonyl (C=O) groups excluding carboxylic acids is 1. The Hall–Kier alpha value is -0.960. The highest BCUT2D eigenvalue weighted by atomic mass is 32.2. The Morgan fingerprint density at radius 3 is 2.86 bits per heavy atom. The minimum atomic E-state index is -3.57. The molecule has 0 aromatic carbocycles. The number of rotatable bonds is 6. The van der Waals surface area contributed by atoms with Gasteiger partial charge in [0, 0.05) is 19.1 Å². The predicted octanol–water partition coefficient (Wildman–Crippen LogP) is 0.755. The average Bonchev–Trinajstić information content (AvgIpc) is 3.01. The molecule has 1 saturated carbocycles. The topological polar surface area (TPSA) is 92.5 Å². The minimum Gasteiger partial charge on any atom is -0.353 e.